The maximum atomic E-state index is 12.7. The topological polar surface area (TPSA) is 57.5 Å². The van der Waals surface area contributed by atoms with Gasteiger partial charge in [0.25, 0.3) is 5.91 Å². The zero-order chi connectivity index (χ0) is 17.5. The fourth-order valence-electron chi connectivity index (χ4n) is 3.37. The van der Waals surface area contributed by atoms with Crippen molar-refractivity contribution in [1.29, 1.82) is 0 Å². The predicted octanol–water partition coefficient (Wildman–Crippen LogP) is 1.67. The minimum absolute atomic E-state index is 0.136. The Morgan fingerprint density at radius 3 is 2.60 bits per heavy atom. The van der Waals surface area contributed by atoms with Gasteiger partial charge in [-0.05, 0) is 37.0 Å². The zero-order valence-corrected chi connectivity index (χ0v) is 14.6. The van der Waals surface area contributed by atoms with E-state index in [2.05, 4.69) is 22.0 Å². The SMILES string of the molecule is O=C1N(CCc2ccccc2)CCC[C@]1(O)CNCCn1cccc1. The molecule has 0 aliphatic carbocycles. The highest BCUT2D eigenvalue weighted by molar-refractivity contribution is 5.86. The van der Waals surface area contributed by atoms with Gasteiger partial charge in [0.05, 0.1) is 0 Å². The summed E-state index contributed by atoms with van der Waals surface area (Å²) in [5, 5.41) is 14.0. The minimum Gasteiger partial charge on any atom is -0.379 e. The first-order valence-electron chi connectivity index (χ1n) is 9.04. The average Bonchev–Trinajstić information content (AvgIpc) is 3.15. The van der Waals surface area contributed by atoms with E-state index in [0.29, 0.717) is 19.5 Å². The average molecular weight is 341 g/mol. The fourth-order valence-corrected chi connectivity index (χ4v) is 3.37. The lowest BCUT2D eigenvalue weighted by Gasteiger charge is -2.38. The summed E-state index contributed by atoms with van der Waals surface area (Å²) in [6.07, 6.45) is 6.21. The summed E-state index contributed by atoms with van der Waals surface area (Å²) in [5.74, 6) is -0.136. The molecular weight excluding hydrogens is 314 g/mol. The quantitative estimate of drug-likeness (QED) is 0.718. The van der Waals surface area contributed by atoms with E-state index in [-0.39, 0.29) is 5.91 Å². The van der Waals surface area contributed by atoms with Gasteiger partial charge in [-0.25, -0.2) is 0 Å². The third-order valence-corrected chi connectivity index (χ3v) is 4.85. The number of carbonyl (C=O) groups is 1. The van der Waals surface area contributed by atoms with Crippen molar-refractivity contribution in [2.24, 2.45) is 0 Å². The monoisotopic (exact) mass is 341 g/mol. The summed E-state index contributed by atoms with van der Waals surface area (Å²) in [6, 6.07) is 14.1. The Morgan fingerprint density at radius 2 is 1.84 bits per heavy atom. The van der Waals surface area contributed by atoms with Crippen LogP contribution in [0, 0.1) is 0 Å². The van der Waals surface area contributed by atoms with Gasteiger partial charge in [-0.3, -0.25) is 4.79 Å². The Hall–Kier alpha value is -2.11. The molecule has 5 nitrogen and oxygen atoms in total. The van der Waals surface area contributed by atoms with Crippen LogP contribution in [-0.4, -0.2) is 52.3 Å². The normalized spacial score (nSPS) is 20.8. The van der Waals surface area contributed by atoms with Crippen molar-refractivity contribution in [3.8, 4) is 0 Å². The molecule has 1 fully saturated rings. The first-order valence-corrected chi connectivity index (χ1v) is 9.04. The van der Waals surface area contributed by atoms with Crippen molar-refractivity contribution in [2.45, 2.75) is 31.4 Å². The number of amides is 1. The number of carbonyl (C=O) groups excluding carboxylic acids is 1. The van der Waals surface area contributed by atoms with Crippen molar-refractivity contribution in [3.63, 3.8) is 0 Å². The molecule has 1 atom stereocenters. The second-order valence-corrected chi connectivity index (χ2v) is 6.76. The summed E-state index contributed by atoms with van der Waals surface area (Å²) in [5.41, 5.74) is -0.0553. The number of aliphatic hydroxyl groups is 1. The Balaban J connectivity index is 1.47. The van der Waals surface area contributed by atoms with Crippen LogP contribution < -0.4 is 5.32 Å². The largest absolute Gasteiger partial charge is 0.379 e. The Labute approximate surface area is 149 Å². The van der Waals surface area contributed by atoms with Gasteiger partial charge in [-0.1, -0.05) is 30.3 Å². The van der Waals surface area contributed by atoms with E-state index in [1.54, 1.807) is 0 Å². The van der Waals surface area contributed by atoms with Crippen LogP contribution in [0.3, 0.4) is 0 Å². The van der Waals surface area contributed by atoms with Gasteiger partial charge in [0.15, 0.2) is 5.60 Å². The van der Waals surface area contributed by atoms with Gasteiger partial charge < -0.3 is 19.9 Å². The Morgan fingerprint density at radius 1 is 1.08 bits per heavy atom. The third kappa shape index (κ3) is 4.71. The van der Waals surface area contributed by atoms with E-state index in [4.69, 9.17) is 0 Å². The van der Waals surface area contributed by atoms with Crippen molar-refractivity contribution in [2.75, 3.05) is 26.2 Å². The van der Waals surface area contributed by atoms with E-state index in [9.17, 15) is 9.90 Å². The summed E-state index contributed by atoms with van der Waals surface area (Å²) in [6.45, 7) is 3.27. The van der Waals surface area contributed by atoms with Crippen molar-refractivity contribution in [3.05, 3.63) is 60.4 Å². The third-order valence-electron chi connectivity index (χ3n) is 4.85. The van der Waals surface area contributed by atoms with Gasteiger partial charge >= 0.3 is 0 Å². The van der Waals surface area contributed by atoms with Crippen LogP contribution in [0.1, 0.15) is 18.4 Å². The van der Waals surface area contributed by atoms with Gasteiger partial charge in [0.2, 0.25) is 0 Å². The van der Waals surface area contributed by atoms with Crippen LogP contribution in [0.25, 0.3) is 0 Å². The molecule has 2 N–H and O–H groups in total. The molecular formula is C20H27N3O2. The molecule has 3 rings (SSSR count). The number of likely N-dealkylation sites (tertiary alicyclic amines) is 1. The number of nitrogens with one attached hydrogen (secondary N) is 1. The van der Waals surface area contributed by atoms with Crippen LogP contribution in [0.15, 0.2) is 54.9 Å². The lowest BCUT2D eigenvalue weighted by atomic mass is 9.91. The molecule has 0 saturated carbocycles. The number of piperidine rings is 1. The summed E-state index contributed by atoms with van der Waals surface area (Å²) < 4.78 is 2.08. The molecule has 1 amide bonds. The molecule has 0 bridgehead atoms. The highest BCUT2D eigenvalue weighted by atomic mass is 16.3. The molecule has 0 radical (unpaired) electrons. The molecule has 5 heteroatoms. The molecule has 2 aromatic rings. The first-order chi connectivity index (χ1) is 12.2. The number of hydrogen-bond donors (Lipinski definition) is 2. The first kappa shape index (κ1) is 17.7. The standard InChI is InChI=1S/C20H27N3O2/c24-19-20(25,17-21-11-16-22-12-4-5-13-22)10-6-14-23(19)15-9-18-7-2-1-3-8-18/h1-5,7-8,12-13,21,25H,6,9-11,14-17H2/t20-/m0/s1. The maximum absolute atomic E-state index is 12.7. The minimum atomic E-state index is -1.27. The van der Waals surface area contributed by atoms with Crippen molar-refractivity contribution >= 4 is 5.91 Å². The van der Waals surface area contributed by atoms with Crippen LogP contribution in [-0.2, 0) is 17.8 Å². The zero-order valence-electron chi connectivity index (χ0n) is 14.6. The second kappa shape index (κ2) is 8.32. The van der Waals surface area contributed by atoms with E-state index in [1.807, 2.05) is 47.6 Å². The van der Waals surface area contributed by atoms with E-state index >= 15 is 0 Å². The highest BCUT2D eigenvalue weighted by Crippen LogP contribution is 2.22. The number of hydrogen-bond acceptors (Lipinski definition) is 3. The molecule has 1 aliphatic heterocycles. The van der Waals surface area contributed by atoms with E-state index in [0.717, 1.165) is 32.5 Å². The van der Waals surface area contributed by atoms with Gasteiger partial charge in [-0.2, -0.15) is 0 Å². The molecule has 1 aromatic heterocycles. The molecule has 0 spiro atoms. The van der Waals surface area contributed by atoms with Crippen LogP contribution in [0.5, 0.6) is 0 Å². The summed E-state index contributed by atoms with van der Waals surface area (Å²) in [4.78, 5) is 14.5. The Bertz CT molecular complexity index is 657. The molecule has 1 aromatic carbocycles. The van der Waals surface area contributed by atoms with Gasteiger partial charge in [-0.15, -0.1) is 0 Å². The second-order valence-electron chi connectivity index (χ2n) is 6.76. The molecule has 25 heavy (non-hydrogen) atoms. The Kier molecular flexibility index (Phi) is 5.89. The summed E-state index contributed by atoms with van der Waals surface area (Å²) >= 11 is 0. The van der Waals surface area contributed by atoms with Crippen molar-refractivity contribution < 1.29 is 9.90 Å². The highest BCUT2D eigenvalue weighted by Gasteiger charge is 2.41. The molecule has 1 aliphatic rings. The summed E-state index contributed by atoms with van der Waals surface area (Å²) in [7, 11) is 0. The predicted molar refractivity (Wildman–Crippen MR) is 98.2 cm³/mol. The smallest absolute Gasteiger partial charge is 0.255 e. The van der Waals surface area contributed by atoms with Gasteiger partial charge in [0, 0.05) is 45.1 Å². The van der Waals surface area contributed by atoms with Crippen LogP contribution >= 0.6 is 0 Å². The van der Waals surface area contributed by atoms with E-state index < -0.39 is 5.60 Å². The molecule has 0 unspecified atom stereocenters. The maximum Gasteiger partial charge on any atom is 0.255 e. The molecule has 2 heterocycles. The van der Waals surface area contributed by atoms with Crippen LogP contribution in [0.2, 0.25) is 0 Å². The van der Waals surface area contributed by atoms with Gasteiger partial charge in [0.1, 0.15) is 0 Å². The molecule has 1 saturated heterocycles. The number of benzene rings is 1. The van der Waals surface area contributed by atoms with Crippen molar-refractivity contribution in [1.82, 2.24) is 14.8 Å². The number of rotatable bonds is 8. The van der Waals surface area contributed by atoms with Crippen LogP contribution in [0.4, 0.5) is 0 Å². The fraction of sp³-hybridized carbons (Fsp3) is 0.450. The number of aromatic nitrogens is 1. The molecule has 134 valence electrons. The lowest BCUT2D eigenvalue weighted by Crippen LogP contribution is -2.58. The lowest BCUT2D eigenvalue weighted by molar-refractivity contribution is -0.156. The number of nitrogens with zero attached hydrogens (tertiary/aromatic N) is 2. The van der Waals surface area contributed by atoms with E-state index in [1.165, 1.54) is 5.56 Å².